The third-order valence-corrected chi connectivity index (χ3v) is 9.71. The zero-order chi connectivity index (χ0) is 38.7. The molecule has 3 aromatic heterocycles. The molecule has 0 bridgehead atoms. The van der Waals surface area contributed by atoms with Crippen molar-refractivity contribution in [3.8, 4) is 23.3 Å². The highest BCUT2D eigenvalue weighted by Gasteiger charge is 2.26. The molecule has 18 heteroatoms. The predicted octanol–water partition coefficient (Wildman–Crippen LogP) is 4.39. The molecule has 1 aliphatic heterocycles. The van der Waals surface area contributed by atoms with Crippen LogP contribution in [0, 0.1) is 23.0 Å². The van der Waals surface area contributed by atoms with Gasteiger partial charge in [0.25, 0.3) is 11.5 Å². The van der Waals surface area contributed by atoms with Gasteiger partial charge in [0, 0.05) is 62.4 Å². The summed E-state index contributed by atoms with van der Waals surface area (Å²) in [4.78, 5) is 50.5. The minimum atomic E-state index is -3.34. The number of nitriles is 1. The molecule has 1 saturated heterocycles. The van der Waals surface area contributed by atoms with Crippen LogP contribution in [-0.2, 0) is 10.0 Å². The summed E-state index contributed by atoms with van der Waals surface area (Å²) in [6, 6.07) is 16.2. The fourth-order valence-electron chi connectivity index (χ4n) is 5.65. The summed E-state index contributed by atoms with van der Waals surface area (Å²) < 4.78 is 61.8. The topological polar surface area (TPSA) is 185 Å². The molecule has 2 N–H and O–H groups in total. The lowest BCUT2D eigenvalue weighted by Gasteiger charge is -2.34. The van der Waals surface area contributed by atoms with Crippen molar-refractivity contribution >= 4 is 39.1 Å². The molecule has 15 nitrogen and oxygen atoms in total. The van der Waals surface area contributed by atoms with E-state index in [1.807, 2.05) is 4.90 Å². The van der Waals surface area contributed by atoms with Gasteiger partial charge in [-0.05, 0) is 68.4 Å². The van der Waals surface area contributed by atoms with E-state index in [2.05, 4.69) is 26.7 Å². The highest BCUT2D eigenvalue weighted by molar-refractivity contribution is 7.88. The van der Waals surface area contributed by atoms with Gasteiger partial charge in [0.05, 0.1) is 17.5 Å². The van der Waals surface area contributed by atoms with Gasteiger partial charge in [0.15, 0.2) is 11.6 Å². The van der Waals surface area contributed by atoms with E-state index in [0.29, 0.717) is 30.3 Å². The lowest BCUT2D eigenvalue weighted by Crippen LogP contribution is -2.48. The number of nitrogens with one attached hydrogen (secondary N) is 2. The van der Waals surface area contributed by atoms with Crippen molar-refractivity contribution in [2.75, 3.05) is 48.0 Å². The van der Waals surface area contributed by atoms with E-state index in [4.69, 9.17) is 4.74 Å². The molecule has 0 unspecified atom stereocenters. The molecule has 0 atom stereocenters. The third-order valence-electron chi connectivity index (χ3n) is 8.41. The summed E-state index contributed by atoms with van der Waals surface area (Å²) in [5.74, 6) is -1.29. The number of aromatic nitrogens is 4. The Morgan fingerprint density at radius 2 is 1.69 bits per heavy atom. The molecular weight excluding hydrogens is 725 g/mol. The van der Waals surface area contributed by atoms with E-state index < -0.39 is 50.4 Å². The lowest BCUT2D eigenvalue weighted by molar-refractivity contribution is 0.102. The molecule has 5 aromatic rings. The van der Waals surface area contributed by atoms with E-state index in [1.165, 1.54) is 51.5 Å². The van der Waals surface area contributed by atoms with Crippen molar-refractivity contribution in [1.29, 1.82) is 5.26 Å². The Morgan fingerprint density at radius 1 is 0.963 bits per heavy atom. The number of ether oxygens (including phenoxy) is 1. The second kappa shape index (κ2) is 15.3. The van der Waals surface area contributed by atoms with Gasteiger partial charge in [-0.1, -0.05) is 0 Å². The van der Waals surface area contributed by atoms with Crippen LogP contribution in [0.4, 0.5) is 31.9 Å². The first kappa shape index (κ1) is 37.3. The zero-order valence-electron chi connectivity index (χ0n) is 29.2. The Bertz CT molecular complexity index is 2510. The quantitative estimate of drug-likeness (QED) is 0.206. The van der Waals surface area contributed by atoms with Crippen molar-refractivity contribution in [2.45, 2.75) is 19.9 Å². The maximum atomic E-state index is 15.3. The van der Waals surface area contributed by atoms with E-state index in [-0.39, 0.29) is 41.8 Å². The number of halogens is 2. The lowest BCUT2D eigenvalue weighted by atomic mass is 10.2. The number of anilines is 4. The first-order valence-electron chi connectivity index (χ1n) is 16.5. The van der Waals surface area contributed by atoms with Crippen molar-refractivity contribution in [1.82, 2.24) is 23.4 Å². The Balaban J connectivity index is 1.17. The van der Waals surface area contributed by atoms with Gasteiger partial charge < -0.3 is 20.3 Å². The first-order valence-corrected chi connectivity index (χ1v) is 18.3. The van der Waals surface area contributed by atoms with Crippen LogP contribution in [0.15, 0.2) is 88.7 Å². The van der Waals surface area contributed by atoms with Crippen molar-refractivity contribution in [2.24, 2.45) is 0 Å². The number of carbonyl (C=O) groups excluding carboxylic acids is 1. The highest BCUT2D eigenvalue weighted by Crippen LogP contribution is 2.29. The second-order valence-electron chi connectivity index (χ2n) is 12.5. The fraction of sp³-hybridized carbons (Fsp3) is 0.222. The predicted molar refractivity (Wildman–Crippen MR) is 196 cm³/mol. The molecule has 1 amide bonds. The zero-order valence-corrected chi connectivity index (χ0v) is 30.0. The average Bonchev–Trinajstić information content (AvgIpc) is 3.13. The van der Waals surface area contributed by atoms with Crippen molar-refractivity contribution in [3.05, 3.63) is 123 Å². The molecule has 2 aromatic carbocycles. The van der Waals surface area contributed by atoms with E-state index >= 15 is 4.39 Å². The summed E-state index contributed by atoms with van der Waals surface area (Å²) in [5, 5.41) is 15.2. The minimum absolute atomic E-state index is 0.00242. The summed E-state index contributed by atoms with van der Waals surface area (Å²) in [6.07, 6.45) is 3.71. The van der Waals surface area contributed by atoms with Crippen LogP contribution in [0.3, 0.4) is 0 Å². The Kier molecular flexibility index (Phi) is 10.5. The maximum Gasteiger partial charge on any atom is 0.335 e. The highest BCUT2D eigenvalue weighted by atomic mass is 32.2. The van der Waals surface area contributed by atoms with Gasteiger partial charge in [-0.3, -0.25) is 14.2 Å². The van der Waals surface area contributed by atoms with E-state index in [1.54, 1.807) is 26.0 Å². The van der Waals surface area contributed by atoms with Crippen LogP contribution < -0.4 is 31.5 Å². The summed E-state index contributed by atoms with van der Waals surface area (Å²) in [6.45, 7) is 4.57. The molecule has 0 saturated carbocycles. The summed E-state index contributed by atoms with van der Waals surface area (Å²) >= 11 is 0. The normalized spacial score (nSPS) is 13.4. The van der Waals surface area contributed by atoms with E-state index in [9.17, 15) is 32.5 Å². The van der Waals surface area contributed by atoms with Crippen LogP contribution in [0.2, 0.25) is 0 Å². The standard InChI is InChI=1S/C36H33F2N9O6S/c1-22(2)46-21-28(35(49)47(36(46)50)26-8-5-24(37)6-9-26)34(48)41-25-7-10-30(29(38)18-25)53-27-12-13-40-32(19-27)42-31-11-4-23(20-39)33(43-31)44-14-16-45(17-15-44)54(3,51)52/h4-13,18-19,21-22H,14-17H2,1-3H3,(H,41,48)(H,40,42,43). The van der Waals surface area contributed by atoms with E-state index in [0.717, 1.165) is 35.2 Å². The fourth-order valence-corrected chi connectivity index (χ4v) is 6.48. The Labute approximate surface area is 307 Å². The molecule has 0 radical (unpaired) electrons. The number of piperazine rings is 1. The molecule has 0 spiro atoms. The molecular formula is C36H33F2N9O6S. The number of pyridine rings is 2. The van der Waals surface area contributed by atoms with Crippen molar-refractivity contribution < 1.29 is 26.7 Å². The van der Waals surface area contributed by atoms with Crippen LogP contribution in [0.25, 0.3) is 5.69 Å². The molecule has 1 fully saturated rings. The maximum absolute atomic E-state index is 15.3. The summed E-state index contributed by atoms with van der Waals surface area (Å²) in [7, 11) is -3.34. The number of hydrogen-bond donors (Lipinski definition) is 2. The average molecular weight is 758 g/mol. The van der Waals surface area contributed by atoms with Crippen LogP contribution in [0.1, 0.15) is 35.8 Å². The second-order valence-corrected chi connectivity index (χ2v) is 14.5. The number of amides is 1. The number of carbonyl (C=O) groups is 1. The van der Waals surface area contributed by atoms with Crippen LogP contribution >= 0.6 is 0 Å². The van der Waals surface area contributed by atoms with Crippen molar-refractivity contribution in [3.63, 3.8) is 0 Å². The molecule has 54 heavy (non-hydrogen) atoms. The third kappa shape index (κ3) is 8.11. The number of rotatable bonds is 10. The molecule has 6 rings (SSSR count). The smallest absolute Gasteiger partial charge is 0.335 e. The van der Waals surface area contributed by atoms with Gasteiger partial charge in [-0.15, -0.1) is 0 Å². The van der Waals surface area contributed by atoms with Crippen LogP contribution in [-0.4, -0.2) is 70.2 Å². The summed E-state index contributed by atoms with van der Waals surface area (Å²) in [5.41, 5.74) is -1.68. The molecule has 0 aliphatic carbocycles. The van der Waals surface area contributed by atoms with Gasteiger partial charge in [0.1, 0.15) is 40.7 Å². The number of nitrogens with zero attached hydrogens (tertiary/aromatic N) is 7. The Hall–Kier alpha value is -6.45. The monoisotopic (exact) mass is 757 g/mol. The number of hydrogen-bond acceptors (Lipinski definition) is 11. The molecule has 1 aliphatic rings. The van der Waals surface area contributed by atoms with Gasteiger partial charge in [0.2, 0.25) is 10.0 Å². The first-order chi connectivity index (χ1) is 25.7. The molecule has 278 valence electrons. The van der Waals surface area contributed by atoms with Crippen LogP contribution in [0.5, 0.6) is 11.5 Å². The Morgan fingerprint density at radius 3 is 2.33 bits per heavy atom. The van der Waals surface area contributed by atoms with Gasteiger partial charge in [-0.2, -0.15) is 9.57 Å². The largest absolute Gasteiger partial charge is 0.454 e. The van der Waals surface area contributed by atoms with Gasteiger partial charge in [-0.25, -0.2) is 36.5 Å². The van der Waals surface area contributed by atoms with Gasteiger partial charge >= 0.3 is 5.69 Å². The molecule has 4 heterocycles. The minimum Gasteiger partial charge on any atom is -0.454 e. The number of benzene rings is 2. The SMILES string of the molecule is CC(C)n1cc(C(=O)Nc2ccc(Oc3ccnc(Nc4ccc(C#N)c(N5CCN(S(C)(=O)=O)CC5)n4)c3)c(F)c2)c(=O)n(-c2ccc(F)cc2)c1=O. The number of sulfonamides is 1.